The van der Waals surface area contributed by atoms with Crippen LogP contribution in [-0.2, 0) is 6.54 Å². The highest BCUT2D eigenvalue weighted by molar-refractivity contribution is 5.89. The van der Waals surface area contributed by atoms with Crippen molar-refractivity contribution in [2.45, 2.75) is 24.7 Å². The first-order valence-corrected chi connectivity index (χ1v) is 10.2. The lowest BCUT2D eigenvalue weighted by Crippen LogP contribution is -2.38. The van der Waals surface area contributed by atoms with Crippen LogP contribution < -0.4 is 10.1 Å². The number of nitrogens with zero attached hydrogens (tertiary/aromatic N) is 7. The van der Waals surface area contributed by atoms with Gasteiger partial charge in [-0.15, -0.1) is 10.2 Å². The van der Waals surface area contributed by atoms with Crippen LogP contribution in [0, 0.1) is 0 Å². The van der Waals surface area contributed by atoms with Crippen molar-refractivity contribution in [1.82, 2.24) is 34.5 Å². The predicted molar refractivity (Wildman–Crippen MR) is 112 cm³/mol. The summed E-state index contributed by atoms with van der Waals surface area (Å²) in [5.41, 5.74) is 2.09. The molecule has 3 aromatic heterocycles. The second kappa shape index (κ2) is 7.75. The number of aromatic nitrogens is 6. The van der Waals surface area contributed by atoms with Crippen molar-refractivity contribution < 1.29 is 26.7 Å². The molecule has 1 fully saturated rings. The third-order valence-corrected chi connectivity index (χ3v) is 5.61. The highest BCUT2D eigenvalue weighted by atomic mass is 19.4. The van der Waals surface area contributed by atoms with Crippen LogP contribution in [0.5, 0.6) is 5.88 Å². The minimum atomic E-state index is -4.45. The number of anilines is 1. The molecule has 14 heteroatoms. The van der Waals surface area contributed by atoms with Gasteiger partial charge in [0.25, 0.3) is 5.92 Å². The predicted octanol–water partition coefficient (Wildman–Crippen LogP) is 3.07. The lowest BCUT2D eigenvalue weighted by atomic mass is 10.1. The van der Waals surface area contributed by atoms with Gasteiger partial charge in [-0.25, -0.2) is 18.0 Å². The lowest BCUT2D eigenvalue weighted by molar-refractivity contribution is -0.142. The Hall–Kier alpha value is -3.55. The number of hydrogen-bond donors (Lipinski definition) is 1. The van der Waals surface area contributed by atoms with Gasteiger partial charge >= 0.3 is 6.18 Å². The molecule has 1 atom stereocenters. The van der Waals surface area contributed by atoms with Crippen LogP contribution in [0.1, 0.15) is 0 Å². The molecule has 1 aliphatic rings. The van der Waals surface area contributed by atoms with E-state index in [2.05, 4.69) is 25.7 Å². The second-order valence-corrected chi connectivity index (χ2v) is 8.19. The number of nitrogens with one attached hydrogen (secondary N) is 1. The summed E-state index contributed by atoms with van der Waals surface area (Å²) in [5.74, 6) is -2.87. The molecule has 9 nitrogen and oxygen atoms in total. The molecule has 1 aromatic carbocycles. The lowest BCUT2D eigenvalue weighted by Gasteiger charge is -2.19. The van der Waals surface area contributed by atoms with E-state index in [0.29, 0.717) is 22.2 Å². The molecule has 1 N–H and O–H groups in total. The number of ether oxygens (including phenoxy) is 1. The summed E-state index contributed by atoms with van der Waals surface area (Å²) in [7, 11) is 2.98. The van der Waals surface area contributed by atoms with Crippen molar-refractivity contribution in [1.29, 1.82) is 0 Å². The van der Waals surface area contributed by atoms with E-state index in [4.69, 9.17) is 4.74 Å². The number of likely N-dealkylation sites (tertiary alicyclic amines) is 1. The number of hydrogen-bond acceptors (Lipinski definition) is 7. The smallest absolute Gasteiger partial charge is 0.408 e. The number of halogens is 5. The van der Waals surface area contributed by atoms with E-state index in [0.717, 1.165) is 4.68 Å². The molecule has 0 aliphatic carbocycles. The quantitative estimate of drug-likeness (QED) is 0.438. The van der Waals surface area contributed by atoms with Gasteiger partial charge in [0.05, 0.1) is 19.2 Å². The zero-order valence-corrected chi connectivity index (χ0v) is 18.0. The Balaban J connectivity index is 1.54. The largest absolute Gasteiger partial charge is 0.479 e. The molecule has 5 rings (SSSR count). The van der Waals surface area contributed by atoms with E-state index in [1.165, 1.54) is 22.6 Å². The van der Waals surface area contributed by atoms with Crippen LogP contribution in [0.25, 0.3) is 27.7 Å². The van der Waals surface area contributed by atoms with E-state index in [1.54, 1.807) is 31.4 Å². The molecule has 0 amide bonds. The Kier molecular flexibility index (Phi) is 5.07. The fourth-order valence-corrected chi connectivity index (χ4v) is 4.13. The van der Waals surface area contributed by atoms with Gasteiger partial charge in [0.1, 0.15) is 23.6 Å². The Morgan fingerprint density at radius 3 is 2.71 bits per heavy atom. The molecule has 0 saturated carbocycles. The molecular formula is C20H19F5N8O. The third kappa shape index (κ3) is 3.97. The highest BCUT2D eigenvalue weighted by Gasteiger charge is 2.47. The van der Waals surface area contributed by atoms with Crippen LogP contribution in [0.3, 0.4) is 0 Å². The molecule has 1 aliphatic heterocycles. The van der Waals surface area contributed by atoms with Gasteiger partial charge in [-0.3, -0.25) is 4.90 Å². The first-order valence-electron chi connectivity index (χ1n) is 10.2. The van der Waals surface area contributed by atoms with Crippen molar-refractivity contribution in [2.75, 3.05) is 32.6 Å². The number of fused-ring (bicyclic) bond motifs is 2. The molecule has 180 valence electrons. The zero-order chi connectivity index (χ0) is 24.3. The number of likely N-dealkylation sites (N-methyl/N-ethyl adjacent to an activating group) is 1. The van der Waals surface area contributed by atoms with Gasteiger partial charge in [-0.1, -0.05) is 11.3 Å². The van der Waals surface area contributed by atoms with E-state index in [-0.39, 0.29) is 30.4 Å². The van der Waals surface area contributed by atoms with E-state index in [1.807, 2.05) is 0 Å². The Labute approximate surface area is 189 Å². The van der Waals surface area contributed by atoms with E-state index in [9.17, 15) is 22.0 Å². The summed E-state index contributed by atoms with van der Waals surface area (Å²) >= 11 is 0. The molecule has 4 aromatic rings. The van der Waals surface area contributed by atoms with E-state index >= 15 is 0 Å². The Morgan fingerprint density at radius 2 is 2.03 bits per heavy atom. The number of rotatable bonds is 5. The van der Waals surface area contributed by atoms with Crippen LogP contribution in [-0.4, -0.2) is 79.9 Å². The van der Waals surface area contributed by atoms with Crippen molar-refractivity contribution in [3.05, 3.63) is 30.5 Å². The first kappa shape index (κ1) is 22.3. The van der Waals surface area contributed by atoms with Gasteiger partial charge < -0.3 is 10.1 Å². The highest BCUT2D eigenvalue weighted by Crippen LogP contribution is 2.34. The van der Waals surface area contributed by atoms with Gasteiger partial charge in [0.15, 0.2) is 0 Å². The fourth-order valence-electron chi connectivity index (χ4n) is 4.13. The molecule has 0 unspecified atom stereocenters. The van der Waals surface area contributed by atoms with Crippen molar-refractivity contribution in [3.63, 3.8) is 0 Å². The zero-order valence-electron chi connectivity index (χ0n) is 18.0. The maximum absolute atomic E-state index is 14.2. The number of alkyl halides is 5. The molecule has 0 spiro atoms. The summed E-state index contributed by atoms with van der Waals surface area (Å²) in [6.07, 6.45) is -2.86. The Morgan fingerprint density at radius 1 is 1.24 bits per heavy atom. The number of benzene rings is 1. The minimum Gasteiger partial charge on any atom is -0.479 e. The second-order valence-electron chi connectivity index (χ2n) is 8.19. The van der Waals surface area contributed by atoms with Crippen LogP contribution >= 0.6 is 0 Å². The van der Waals surface area contributed by atoms with Crippen LogP contribution in [0.4, 0.5) is 27.9 Å². The fraction of sp³-hybridized carbons (Fsp3) is 0.400. The molecule has 4 heterocycles. The van der Waals surface area contributed by atoms with Gasteiger partial charge in [-0.2, -0.15) is 18.2 Å². The molecule has 1 saturated heterocycles. The van der Waals surface area contributed by atoms with Crippen LogP contribution in [0.2, 0.25) is 0 Å². The number of methoxy groups -OCH3 is 1. The van der Waals surface area contributed by atoms with Gasteiger partial charge in [0, 0.05) is 18.3 Å². The summed E-state index contributed by atoms with van der Waals surface area (Å²) in [6.45, 7) is -1.53. The minimum absolute atomic E-state index is 0.0330. The average Bonchev–Trinajstić information content (AvgIpc) is 3.41. The van der Waals surface area contributed by atoms with E-state index < -0.39 is 24.7 Å². The topological polar surface area (TPSA) is 85.4 Å². The van der Waals surface area contributed by atoms with Crippen LogP contribution in [0.15, 0.2) is 30.5 Å². The van der Waals surface area contributed by atoms with Gasteiger partial charge in [0.2, 0.25) is 11.8 Å². The summed E-state index contributed by atoms with van der Waals surface area (Å²) < 4.78 is 74.8. The maximum Gasteiger partial charge on any atom is 0.408 e. The average molecular weight is 482 g/mol. The maximum atomic E-state index is 14.2. The monoisotopic (exact) mass is 482 g/mol. The Bertz CT molecular complexity index is 1360. The molecule has 0 radical (unpaired) electrons. The van der Waals surface area contributed by atoms with Gasteiger partial charge in [-0.05, 0) is 30.8 Å². The molecular weight excluding hydrogens is 463 g/mol. The van der Waals surface area contributed by atoms with Crippen molar-refractivity contribution in [3.8, 4) is 17.0 Å². The SMILES string of the molecule is COc1nc(N[C@@H]2CN(C)CC2(F)F)nn2ccc(-c3ccc4nnn(CC(F)(F)F)c4c3)c12. The summed E-state index contributed by atoms with van der Waals surface area (Å²) in [5, 5.41) is 14.4. The molecule has 0 bridgehead atoms. The summed E-state index contributed by atoms with van der Waals surface area (Å²) in [4.78, 5) is 5.76. The first-order chi connectivity index (χ1) is 16.0. The standard InChI is InChI=1S/C20H19F5N8O/c1-31-8-15(19(21,22)9-31)26-18-27-17(34-2)16-12(5-6-32(16)29-18)11-3-4-13-14(7-11)33(30-28-13)10-20(23,24)25/h3-7,15H,8-10H2,1-2H3,(H,26,29)/t15-/m1/s1. The van der Waals surface area contributed by atoms with Crippen molar-refractivity contribution in [2.24, 2.45) is 0 Å². The summed E-state index contributed by atoms with van der Waals surface area (Å²) in [6, 6.07) is 5.31. The normalized spacial score (nSPS) is 18.7. The third-order valence-electron chi connectivity index (χ3n) is 5.61. The molecule has 34 heavy (non-hydrogen) atoms. The van der Waals surface area contributed by atoms with Crippen molar-refractivity contribution >= 4 is 22.5 Å².